The van der Waals surface area contributed by atoms with Crippen LogP contribution in [0.5, 0.6) is 0 Å². The highest BCUT2D eigenvalue weighted by molar-refractivity contribution is 5.99. The molecule has 70 heteroatoms. The fourth-order valence-electron chi connectivity index (χ4n) is 9.86. The highest BCUT2D eigenvalue weighted by atomic mass is 19.2. The number of nitrogens with two attached hydrogens (primary N) is 4. The zero-order valence-electron chi connectivity index (χ0n) is 75.1. The van der Waals surface area contributed by atoms with Crippen LogP contribution in [0, 0.1) is 140 Å². The predicted octanol–water partition coefficient (Wildman–Crippen LogP) is 10.8. The maximum atomic E-state index is 13.8. The molecule has 0 aromatic heterocycles. The quantitative estimate of drug-likeness (QED) is 0.00179. The first-order valence-electron chi connectivity index (χ1n) is 39.5. The molecule has 0 aliphatic carbocycles. The number of azide groups is 6. The summed E-state index contributed by atoms with van der Waals surface area (Å²) in [6.07, 6.45) is 2.17. The Bertz CT molecular complexity index is 5740. The van der Waals surface area contributed by atoms with Gasteiger partial charge in [0.1, 0.15) is 111 Å². The molecule has 0 spiro atoms. The number of halogens is 24. The van der Waals surface area contributed by atoms with E-state index in [4.69, 9.17) is 56.1 Å². The summed E-state index contributed by atoms with van der Waals surface area (Å²) in [5.41, 5.74) is 57.9. The van der Waals surface area contributed by atoms with Crippen LogP contribution in [-0.2, 0) is 47.6 Å². The topological polar surface area (TPSA) is 757 Å². The SMILES string of the molecule is CC(=O)C(N)CCCCOC(=O)c1c(F)c(F)c(N=[N+]=[N-])c(F)c1F.CC(=O)C(N)CCCN=C(N)OC(=O)c1c(F)c(F)c(N=[N+]=[N-])c(F)c1F.CN(C)CCOC(=O)c1c(F)c(F)c(N=[N+]=[N-])c(F)c1F.C[NH+](C)CCOC(=O)c1c(F)c(F)c(N=[N+]=[N-])c(F)c1F.[N-]=[N+]=Nc1c(F)c(F)c(C(=O)OC(N)=NCCCC([NH3+])C(=O)[O-])c(F)c1F.[N-]=[N+]=Nc1c(F)c(F)c(C(=O)OCCCCC([NH3+])C(=O)[O-])c(F)c1F. The molecule has 792 valence electrons. The second-order valence-electron chi connectivity index (χ2n) is 28.3. The van der Waals surface area contributed by atoms with Crippen LogP contribution in [0.2, 0.25) is 0 Å². The second-order valence-corrected chi connectivity index (χ2v) is 28.3. The van der Waals surface area contributed by atoms with E-state index in [-0.39, 0.29) is 109 Å². The molecule has 0 heterocycles. The van der Waals surface area contributed by atoms with Crippen LogP contribution in [0.25, 0.3) is 62.7 Å². The van der Waals surface area contributed by atoms with Gasteiger partial charge >= 0.3 is 35.8 Å². The van der Waals surface area contributed by atoms with Crippen molar-refractivity contribution in [1.29, 1.82) is 0 Å². The number of hydrogen-bond acceptors (Lipinski definition) is 29. The van der Waals surface area contributed by atoms with E-state index < -0.39 is 291 Å². The number of esters is 6. The van der Waals surface area contributed by atoms with E-state index in [1.165, 1.54) is 13.8 Å². The van der Waals surface area contributed by atoms with Gasteiger partial charge in [0.2, 0.25) is 0 Å². The number of likely N-dealkylation sites (N-methyl/N-ethyl adjacent to an activating group) is 2. The number of benzene rings is 6. The number of amidine groups is 2. The van der Waals surface area contributed by atoms with E-state index >= 15 is 0 Å². The van der Waals surface area contributed by atoms with Crippen molar-refractivity contribution >= 4 is 105 Å². The molecule has 0 aliphatic rings. The summed E-state index contributed by atoms with van der Waals surface area (Å²) >= 11 is 0. The minimum atomic E-state index is -2.15. The molecule has 4 unspecified atom stereocenters. The van der Waals surface area contributed by atoms with E-state index in [2.05, 4.69) is 80.6 Å². The first kappa shape index (κ1) is 127. The Morgan fingerprint density at radius 3 is 0.740 bits per heavy atom. The summed E-state index contributed by atoms with van der Waals surface area (Å²) in [7, 11) is 6.79. The Labute approximate surface area is 798 Å². The average molecular weight is 2120 g/mol. The lowest BCUT2D eigenvalue weighted by Crippen LogP contribution is -3.06. The lowest BCUT2D eigenvalue weighted by Gasteiger charge is -2.11. The molecule has 0 fully saturated rings. The number of carbonyl (C=O) groups excluding carboxylic acids is 10. The number of quaternary nitrogens is 3. The van der Waals surface area contributed by atoms with Gasteiger partial charge in [-0.05, 0) is 112 Å². The molecule has 15 N–H and O–H groups in total. The van der Waals surface area contributed by atoms with Crippen LogP contribution in [0.4, 0.5) is 139 Å². The molecule has 6 aromatic carbocycles. The zero-order chi connectivity index (χ0) is 112. The molecule has 0 saturated carbocycles. The first-order valence-corrected chi connectivity index (χ1v) is 39.5. The van der Waals surface area contributed by atoms with E-state index in [0.29, 0.717) is 19.4 Å². The van der Waals surface area contributed by atoms with Crippen LogP contribution >= 0.6 is 0 Å². The van der Waals surface area contributed by atoms with Crippen molar-refractivity contribution in [2.45, 2.75) is 102 Å². The van der Waals surface area contributed by atoms with Gasteiger partial charge in [0.15, 0.2) is 140 Å². The van der Waals surface area contributed by atoms with Crippen LogP contribution in [-0.4, -0.2) is 181 Å². The molecular formula is C76H73F24N28O18+. The fraction of sp³-hybridized carbons (Fsp3) is 0.368. The van der Waals surface area contributed by atoms with Gasteiger partial charge < -0.3 is 92.4 Å². The normalized spacial score (nSPS) is 11.5. The van der Waals surface area contributed by atoms with Crippen LogP contribution < -0.4 is 49.5 Å². The molecule has 46 nitrogen and oxygen atoms in total. The summed E-state index contributed by atoms with van der Waals surface area (Å²) < 4.78 is 354. The Morgan fingerprint density at radius 1 is 0.329 bits per heavy atom. The summed E-state index contributed by atoms with van der Waals surface area (Å²) in [5, 5.41) is 35.8. The van der Waals surface area contributed by atoms with Gasteiger partial charge in [-0.2, -0.15) is 0 Å². The van der Waals surface area contributed by atoms with Crippen molar-refractivity contribution in [3.8, 4) is 0 Å². The lowest BCUT2D eigenvalue weighted by atomic mass is 10.1. The summed E-state index contributed by atoms with van der Waals surface area (Å²) in [6.45, 7) is 1.92. The van der Waals surface area contributed by atoms with Crippen LogP contribution in [0.15, 0.2) is 40.7 Å². The number of carboxylic acid groups (broad SMARTS) is 2. The minimum absolute atomic E-state index is 0.0381. The number of rotatable bonds is 40. The van der Waals surface area contributed by atoms with Crippen molar-refractivity contribution in [3.05, 3.63) is 236 Å². The number of nitrogens with one attached hydrogen (secondary N) is 1. The monoisotopic (exact) mass is 2120 g/mol. The Hall–Kier alpha value is -16.7. The van der Waals surface area contributed by atoms with E-state index in [1.54, 1.807) is 33.1 Å². The molecule has 6 aromatic rings. The molecule has 0 amide bonds. The highest BCUT2D eigenvalue weighted by Gasteiger charge is 2.38. The number of aliphatic imine (C=N–C) groups is 2. The number of carbonyl (C=O) groups is 10. The first-order chi connectivity index (χ1) is 68.3. The standard InChI is InChI=1S/C14H14F4N6O3.C14H14F4N4O3.C13H12F4N6O4.C13H12F4N4O4.2C11H10F4N4O2/c1-5(25)6(19)3-2-4-22-14(20)27-13(26)7-8(15)10(17)12(23-24-21)11(18)9(7)16;1-6(23)7(19)4-2-3-5-25-14(24)8-9(15)11(17)13(21-22-20)12(18)10(8)16;14-6-5(7(15)9(17)10(8(6)16)22-23-20)12(26)27-13(19)21-3-1-2-4(18)11(24)25;14-7-6(8(15)10(17)11(9(7)16)20-21-19)13(24)25-4-2-1-3-5(18)12(22)23;2*1-19(2)3-4-21-11(20)5-6(12)8(14)10(17-18-16)9(15)7(5)13/h6H,2-4,19H2,1H3,(H2,20,22);7H,2-5,19H2,1H3;4H,1-3,18H2,(H2,19,21)(H,24,25);5H,1-4,18H2,(H,22,23);2*3-4H2,1-2H3/p+1. The lowest BCUT2D eigenvalue weighted by molar-refractivity contribution is -0.858. The second kappa shape index (κ2) is 61.9. The van der Waals surface area contributed by atoms with Crippen LogP contribution in [0.3, 0.4) is 0 Å². The van der Waals surface area contributed by atoms with Crippen molar-refractivity contribution in [1.82, 2.24) is 4.90 Å². The number of unbranched alkanes of at least 4 members (excludes halogenated alkanes) is 2. The molecule has 0 saturated heterocycles. The number of hydrogen-bond donors (Lipinski definition) is 7. The van der Waals surface area contributed by atoms with Crippen molar-refractivity contribution in [2.24, 2.45) is 63.6 Å². The fourth-order valence-corrected chi connectivity index (χ4v) is 9.86. The third-order valence-corrected chi connectivity index (χ3v) is 17.5. The van der Waals surface area contributed by atoms with Gasteiger partial charge in [-0.25, -0.2) is 144 Å². The number of ether oxygens (including phenoxy) is 6. The number of Topliss-reactive ketones (excluding diaryl/α,β-unsaturated/α-hetero) is 2. The minimum Gasteiger partial charge on any atom is -0.544 e. The maximum Gasteiger partial charge on any atom is 0.352 e. The smallest absolute Gasteiger partial charge is 0.352 e. The Balaban J connectivity index is 0.000000878. The van der Waals surface area contributed by atoms with Gasteiger partial charge in [-0.1, -0.05) is 30.7 Å². The largest absolute Gasteiger partial charge is 0.544 e. The van der Waals surface area contributed by atoms with Gasteiger partial charge in [-0.15, -0.1) is 0 Å². The zero-order valence-corrected chi connectivity index (χ0v) is 75.1. The summed E-state index contributed by atoms with van der Waals surface area (Å²) in [5.74, 6) is -62.2. The molecular weight excluding hydrogens is 2050 g/mol. The van der Waals surface area contributed by atoms with Gasteiger partial charge in [0.05, 0.1) is 51.3 Å². The number of ketones is 2. The molecule has 0 bridgehead atoms. The van der Waals surface area contributed by atoms with Crippen molar-refractivity contribution in [3.63, 3.8) is 0 Å². The van der Waals surface area contributed by atoms with Crippen LogP contribution in [0.1, 0.15) is 140 Å². The third-order valence-electron chi connectivity index (χ3n) is 17.5. The number of carboxylic acids is 2. The third kappa shape index (κ3) is 36.7. The molecule has 4 atom stereocenters. The average Bonchev–Trinajstić information content (AvgIpc) is 0.486. The molecule has 0 radical (unpaired) electrons. The molecule has 6 rings (SSSR count). The number of nitrogens with zero attached hydrogens (tertiary/aromatic N) is 21. The highest BCUT2D eigenvalue weighted by Crippen LogP contribution is 2.38. The number of aliphatic carboxylic acids is 2. The van der Waals surface area contributed by atoms with Gasteiger partial charge in [-0.3, -0.25) is 9.59 Å². The molecule has 0 aliphatic heterocycles. The Kier molecular flexibility index (Phi) is 54.0. The van der Waals surface area contributed by atoms with Crippen molar-refractivity contribution < 1.29 is 208 Å². The Morgan fingerprint density at radius 2 is 0.527 bits per heavy atom. The van der Waals surface area contributed by atoms with Gasteiger partial charge in [0.25, 0.3) is 12.0 Å². The predicted molar refractivity (Wildman–Crippen MR) is 439 cm³/mol. The van der Waals surface area contributed by atoms with E-state index in [0.717, 1.165) is 4.90 Å². The van der Waals surface area contributed by atoms with E-state index in [9.17, 15) is 164 Å². The summed E-state index contributed by atoms with van der Waals surface area (Å²) in [4.78, 5) is 134. The van der Waals surface area contributed by atoms with Gasteiger partial charge in [0, 0.05) is 61.9 Å². The summed E-state index contributed by atoms with van der Waals surface area (Å²) in [6, 6.07) is -5.05. The van der Waals surface area contributed by atoms with E-state index in [1.807, 2.05) is 29.5 Å². The molecule has 146 heavy (non-hydrogen) atoms. The maximum absolute atomic E-state index is 13.8. The van der Waals surface area contributed by atoms with Crippen molar-refractivity contribution in [2.75, 3.05) is 80.8 Å².